The number of hydrogen-bond acceptors (Lipinski definition) is 3. The highest BCUT2D eigenvalue weighted by Crippen LogP contribution is 2.28. The maximum Gasteiger partial charge on any atom is 0.191 e. The second kappa shape index (κ2) is 12.7. The topological polar surface area (TPSA) is 56.7 Å². The molecule has 0 radical (unpaired) electrons. The van der Waals surface area contributed by atoms with Gasteiger partial charge in [0.1, 0.15) is 5.75 Å². The Morgan fingerprint density at radius 3 is 2.88 bits per heavy atom. The highest BCUT2D eigenvalue weighted by Gasteiger charge is 2.22. The van der Waals surface area contributed by atoms with Gasteiger partial charge in [0.15, 0.2) is 5.96 Å². The van der Waals surface area contributed by atoms with Gasteiger partial charge in [-0.3, -0.25) is 4.99 Å². The second-order valence-corrected chi connectivity index (χ2v) is 7.84. The number of phenolic OH excluding ortho intramolecular Hbond substituents is 1. The van der Waals surface area contributed by atoms with E-state index in [4.69, 9.17) is 4.99 Å². The number of benzene rings is 1. The van der Waals surface area contributed by atoms with Gasteiger partial charge in [0.25, 0.3) is 0 Å². The Balaban J connectivity index is 0.00000312. The largest absolute Gasteiger partial charge is 0.508 e. The average molecular weight is 477 g/mol. The van der Waals surface area contributed by atoms with Crippen LogP contribution in [-0.4, -0.2) is 41.2 Å². The number of nitrogens with zero attached hydrogens (tertiary/aromatic N) is 1. The van der Waals surface area contributed by atoms with E-state index >= 15 is 0 Å². The first-order valence-corrected chi connectivity index (χ1v) is 10.2. The van der Waals surface area contributed by atoms with Gasteiger partial charge in [-0.25, -0.2) is 0 Å². The van der Waals surface area contributed by atoms with Gasteiger partial charge < -0.3 is 15.7 Å². The van der Waals surface area contributed by atoms with Crippen LogP contribution in [-0.2, 0) is 6.42 Å². The summed E-state index contributed by atoms with van der Waals surface area (Å²) in [5.41, 5.74) is 1.12. The van der Waals surface area contributed by atoms with E-state index in [9.17, 15) is 5.11 Å². The zero-order valence-electron chi connectivity index (χ0n) is 15.3. The summed E-state index contributed by atoms with van der Waals surface area (Å²) in [5.74, 6) is 2.45. The maximum absolute atomic E-state index is 9.53. The molecule has 0 aromatic heterocycles. The zero-order valence-corrected chi connectivity index (χ0v) is 18.5. The van der Waals surface area contributed by atoms with Crippen LogP contribution in [0.1, 0.15) is 45.1 Å². The molecule has 3 N–H and O–H groups in total. The van der Waals surface area contributed by atoms with Crippen molar-refractivity contribution in [2.24, 2.45) is 4.99 Å². The normalized spacial score (nSPS) is 20.6. The predicted octanol–water partition coefficient (Wildman–Crippen LogP) is 4.17. The number of phenols is 1. The van der Waals surface area contributed by atoms with Crippen molar-refractivity contribution in [2.45, 2.75) is 57.2 Å². The lowest BCUT2D eigenvalue weighted by molar-refractivity contribution is 0.419. The third-order valence-electron chi connectivity index (χ3n) is 4.29. The van der Waals surface area contributed by atoms with Crippen molar-refractivity contribution in [3.8, 4) is 5.75 Å². The number of halogens is 1. The van der Waals surface area contributed by atoms with Gasteiger partial charge in [-0.15, -0.1) is 24.0 Å². The van der Waals surface area contributed by atoms with Crippen LogP contribution in [0.15, 0.2) is 29.3 Å². The first-order chi connectivity index (χ1) is 11.7. The van der Waals surface area contributed by atoms with Crippen LogP contribution < -0.4 is 10.6 Å². The van der Waals surface area contributed by atoms with Crippen LogP contribution in [0.3, 0.4) is 0 Å². The Morgan fingerprint density at radius 1 is 1.32 bits per heavy atom. The summed E-state index contributed by atoms with van der Waals surface area (Å²) in [5, 5.41) is 17.3. The summed E-state index contributed by atoms with van der Waals surface area (Å²) in [6.45, 7) is 5.94. The van der Waals surface area contributed by atoms with E-state index in [1.165, 1.54) is 31.4 Å². The third-order valence-corrected chi connectivity index (χ3v) is 5.53. The van der Waals surface area contributed by atoms with Crippen LogP contribution >= 0.6 is 35.7 Å². The van der Waals surface area contributed by atoms with Gasteiger partial charge in [0.2, 0.25) is 0 Å². The Hall–Kier alpha value is -0.630. The fourth-order valence-electron chi connectivity index (χ4n) is 3.19. The number of aromatic hydroxyl groups is 1. The molecule has 2 rings (SSSR count). The molecule has 0 bridgehead atoms. The number of guanidine groups is 1. The summed E-state index contributed by atoms with van der Waals surface area (Å²) in [4.78, 5) is 4.71. The van der Waals surface area contributed by atoms with Gasteiger partial charge in [-0.1, -0.05) is 25.5 Å². The maximum atomic E-state index is 9.53. The molecule has 0 saturated heterocycles. The van der Waals surface area contributed by atoms with E-state index in [2.05, 4.69) is 36.2 Å². The van der Waals surface area contributed by atoms with Crippen LogP contribution in [0.4, 0.5) is 0 Å². The molecule has 1 aliphatic carbocycles. The molecule has 4 nitrogen and oxygen atoms in total. The molecule has 142 valence electrons. The third kappa shape index (κ3) is 8.53. The van der Waals surface area contributed by atoms with E-state index in [1.807, 2.05) is 18.2 Å². The quantitative estimate of drug-likeness (QED) is 0.314. The van der Waals surface area contributed by atoms with Crippen molar-refractivity contribution in [1.82, 2.24) is 10.6 Å². The lowest BCUT2D eigenvalue weighted by Crippen LogP contribution is -2.45. The molecular formula is C19H32IN3OS. The molecule has 1 aliphatic rings. The minimum atomic E-state index is 0. The summed E-state index contributed by atoms with van der Waals surface area (Å²) < 4.78 is 0. The van der Waals surface area contributed by atoms with Crippen LogP contribution in [0.25, 0.3) is 0 Å². The van der Waals surface area contributed by atoms with Gasteiger partial charge in [-0.05, 0) is 56.1 Å². The minimum absolute atomic E-state index is 0. The van der Waals surface area contributed by atoms with Crippen LogP contribution in [0.2, 0.25) is 0 Å². The Kier molecular flexibility index (Phi) is 11.4. The molecule has 2 unspecified atom stereocenters. The molecule has 0 aliphatic heterocycles. The summed E-state index contributed by atoms with van der Waals surface area (Å²) >= 11 is 2.09. The van der Waals surface area contributed by atoms with Crippen molar-refractivity contribution in [3.63, 3.8) is 0 Å². The highest BCUT2D eigenvalue weighted by molar-refractivity contribution is 14.0. The van der Waals surface area contributed by atoms with E-state index in [-0.39, 0.29) is 24.0 Å². The molecular weight excluding hydrogens is 445 g/mol. The monoisotopic (exact) mass is 477 g/mol. The van der Waals surface area contributed by atoms with Gasteiger partial charge >= 0.3 is 0 Å². The molecule has 1 aromatic carbocycles. The van der Waals surface area contributed by atoms with Gasteiger partial charge in [0, 0.05) is 24.4 Å². The van der Waals surface area contributed by atoms with Crippen LogP contribution in [0, 0.1) is 0 Å². The molecule has 1 saturated carbocycles. The molecule has 1 aromatic rings. The molecule has 6 heteroatoms. The second-order valence-electron chi connectivity index (χ2n) is 6.27. The first kappa shape index (κ1) is 22.4. The lowest BCUT2D eigenvalue weighted by atomic mass is 9.95. The average Bonchev–Trinajstić information content (AvgIpc) is 2.56. The Morgan fingerprint density at radius 2 is 2.16 bits per heavy atom. The SMILES string of the molecule is CCNC(=NCCc1cccc(O)c1)NC1CCCC(SCC)C1.I. The zero-order chi connectivity index (χ0) is 17.2. The van der Waals surface area contributed by atoms with Gasteiger partial charge in [0.05, 0.1) is 0 Å². The predicted molar refractivity (Wildman–Crippen MR) is 121 cm³/mol. The molecule has 0 heterocycles. The van der Waals surface area contributed by atoms with E-state index in [0.29, 0.717) is 11.8 Å². The molecule has 0 spiro atoms. The van der Waals surface area contributed by atoms with E-state index < -0.39 is 0 Å². The number of rotatable bonds is 7. The summed E-state index contributed by atoms with van der Waals surface area (Å²) in [6.07, 6.45) is 5.96. The Bertz CT molecular complexity index is 525. The fourth-order valence-corrected chi connectivity index (χ4v) is 4.36. The van der Waals surface area contributed by atoms with Crippen molar-refractivity contribution in [1.29, 1.82) is 0 Å². The molecule has 25 heavy (non-hydrogen) atoms. The molecule has 1 fully saturated rings. The van der Waals surface area contributed by atoms with Crippen LogP contribution in [0.5, 0.6) is 5.75 Å². The fraction of sp³-hybridized carbons (Fsp3) is 0.632. The summed E-state index contributed by atoms with van der Waals surface area (Å²) in [6, 6.07) is 7.95. The van der Waals surface area contributed by atoms with Crippen molar-refractivity contribution in [2.75, 3.05) is 18.8 Å². The van der Waals surface area contributed by atoms with Crippen molar-refractivity contribution >= 4 is 41.7 Å². The number of aliphatic imine (C=N–C) groups is 1. The van der Waals surface area contributed by atoms with Crippen molar-refractivity contribution < 1.29 is 5.11 Å². The van der Waals surface area contributed by atoms with E-state index in [1.54, 1.807) is 6.07 Å². The lowest BCUT2D eigenvalue weighted by Gasteiger charge is -2.30. The minimum Gasteiger partial charge on any atom is -0.508 e. The molecule has 0 amide bonds. The number of hydrogen-bond donors (Lipinski definition) is 3. The van der Waals surface area contributed by atoms with E-state index in [0.717, 1.165) is 36.3 Å². The molecule has 2 atom stereocenters. The Labute approximate surface area is 173 Å². The van der Waals surface area contributed by atoms with Crippen molar-refractivity contribution in [3.05, 3.63) is 29.8 Å². The number of thioether (sulfide) groups is 1. The van der Waals surface area contributed by atoms with Gasteiger partial charge in [-0.2, -0.15) is 11.8 Å². The summed E-state index contributed by atoms with van der Waals surface area (Å²) in [7, 11) is 0. The highest BCUT2D eigenvalue weighted by atomic mass is 127. The first-order valence-electron chi connectivity index (χ1n) is 9.15. The number of nitrogens with one attached hydrogen (secondary N) is 2. The smallest absolute Gasteiger partial charge is 0.191 e. The standard InChI is InChI=1S/C19H31N3OS.HI/c1-3-20-19(21-12-11-15-7-5-9-17(23)13-15)22-16-8-6-10-18(14-16)24-4-2;/h5,7,9,13,16,18,23H,3-4,6,8,10-12,14H2,1-2H3,(H2,20,21,22);1H.